The van der Waals surface area contributed by atoms with Gasteiger partial charge in [0.2, 0.25) is 0 Å². The molecule has 1 rings (SSSR count). The van der Waals surface area contributed by atoms with Crippen molar-refractivity contribution in [1.29, 1.82) is 0 Å². The summed E-state index contributed by atoms with van der Waals surface area (Å²) in [6.07, 6.45) is 2.28. The van der Waals surface area contributed by atoms with Crippen LogP contribution in [0.25, 0.3) is 0 Å². The van der Waals surface area contributed by atoms with Crippen LogP contribution < -0.4 is 16.0 Å². The highest BCUT2D eigenvalue weighted by Crippen LogP contribution is 2.02. The summed E-state index contributed by atoms with van der Waals surface area (Å²) in [6.45, 7) is 1.10. The zero-order valence-electron chi connectivity index (χ0n) is 7.56. The van der Waals surface area contributed by atoms with Crippen molar-refractivity contribution in [2.24, 2.45) is 12.8 Å². The molecule has 2 N–H and O–H groups in total. The topological polar surface area (TPSA) is 70.1 Å². The Kier molecular flexibility index (Phi) is 3.45. The molecular formula is C8H13N3O2. The highest BCUT2D eigenvalue weighted by atomic mass is 16.5. The van der Waals surface area contributed by atoms with Crippen molar-refractivity contribution < 1.29 is 4.74 Å². The van der Waals surface area contributed by atoms with Gasteiger partial charge in [-0.3, -0.25) is 4.79 Å². The van der Waals surface area contributed by atoms with Crippen LogP contribution in [-0.4, -0.2) is 22.9 Å². The number of hydrogen-bond acceptors (Lipinski definition) is 4. The van der Waals surface area contributed by atoms with Crippen LogP contribution in [0.1, 0.15) is 6.42 Å². The lowest BCUT2D eigenvalue weighted by Gasteiger charge is -2.04. The molecule has 0 saturated heterocycles. The Labute approximate surface area is 76.1 Å². The molecule has 0 unspecified atom stereocenters. The maximum Gasteiger partial charge on any atom is 0.270 e. The fraction of sp³-hybridized carbons (Fsp3) is 0.500. The minimum Gasteiger partial charge on any atom is -0.492 e. The molecule has 0 saturated carbocycles. The zero-order valence-corrected chi connectivity index (χ0v) is 7.56. The molecule has 1 aromatic rings. The number of nitrogens with zero attached hydrogens (tertiary/aromatic N) is 2. The van der Waals surface area contributed by atoms with Crippen molar-refractivity contribution in [2.75, 3.05) is 13.2 Å². The minimum atomic E-state index is -0.176. The van der Waals surface area contributed by atoms with Gasteiger partial charge in [0, 0.05) is 13.1 Å². The summed E-state index contributed by atoms with van der Waals surface area (Å²) >= 11 is 0. The summed E-state index contributed by atoms with van der Waals surface area (Å²) in [5, 5.41) is 3.81. The number of aryl methyl sites for hydroxylation is 1. The Morgan fingerprint density at radius 2 is 2.46 bits per heavy atom. The third kappa shape index (κ3) is 2.87. The first-order valence-corrected chi connectivity index (χ1v) is 4.10. The van der Waals surface area contributed by atoms with Gasteiger partial charge in [-0.2, -0.15) is 5.10 Å². The molecule has 1 heterocycles. The average molecular weight is 183 g/mol. The number of ether oxygens (including phenoxy) is 1. The van der Waals surface area contributed by atoms with Gasteiger partial charge in [-0.1, -0.05) is 0 Å². The number of nitrogens with two attached hydrogens (primary N) is 1. The van der Waals surface area contributed by atoms with Crippen molar-refractivity contribution in [3.05, 3.63) is 22.6 Å². The predicted octanol–water partition coefficient (Wildman–Crippen LogP) is -0.492. The van der Waals surface area contributed by atoms with E-state index in [9.17, 15) is 4.79 Å². The molecular weight excluding hydrogens is 170 g/mol. The van der Waals surface area contributed by atoms with E-state index in [-0.39, 0.29) is 5.56 Å². The van der Waals surface area contributed by atoms with Crippen molar-refractivity contribution in [2.45, 2.75) is 6.42 Å². The Morgan fingerprint density at radius 1 is 1.69 bits per heavy atom. The van der Waals surface area contributed by atoms with Crippen LogP contribution in [0.15, 0.2) is 17.1 Å². The molecule has 0 aliphatic carbocycles. The van der Waals surface area contributed by atoms with E-state index in [1.807, 2.05) is 0 Å². The largest absolute Gasteiger partial charge is 0.492 e. The molecule has 0 fully saturated rings. The lowest BCUT2D eigenvalue weighted by Crippen LogP contribution is -2.18. The summed E-state index contributed by atoms with van der Waals surface area (Å²) < 4.78 is 6.47. The molecule has 0 aromatic carbocycles. The summed E-state index contributed by atoms with van der Waals surface area (Å²) in [4.78, 5) is 11.1. The Morgan fingerprint density at radius 3 is 3.08 bits per heavy atom. The van der Waals surface area contributed by atoms with Gasteiger partial charge in [0.05, 0.1) is 12.8 Å². The fourth-order valence-electron chi connectivity index (χ4n) is 0.805. The van der Waals surface area contributed by atoms with Crippen LogP contribution in [0.3, 0.4) is 0 Å². The Balaban J connectivity index is 2.58. The van der Waals surface area contributed by atoms with Gasteiger partial charge in [0.1, 0.15) is 5.75 Å². The molecule has 0 amide bonds. The Hall–Kier alpha value is -1.36. The van der Waals surface area contributed by atoms with Crippen LogP contribution in [-0.2, 0) is 7.05 Å². The van der Waals surface area contributed by atoms with E-state index < -0.39 is 0 Å². The van der Waals surface area contributed by atoms with Crippen LogP contribution in [0.2, 0.25) is 0 Å². The smallest absolute Gasteiger partial charge is 0.270 e. The van der Waals surface area contributed by atoms with Gasteiger partial charge in [-0.05, 0) is 13.0 Å². The molecule has 0 aliphatic rings. The minimum absolute atomic E-state index is 0.176. The quantitative estimate of drug-likeness (QED) is 0.639. The van der Waals surface area contributed by atoms with Crippen LogP contribution in [0, 0.1) is 0 Å². The maximum absolute atomic E-state index is 11.1. The highest BCUT2D eigenvalue weighted by Gasteiger charge is 1.96. The third-order valence-corrected chi connectivity index (χ3v) is 1.56. The molecule has 0 bridgehead atoms. The second-order valence-corrected chi connectivity index (χ2v) is 2.64. The standard InChI is InChI=1S/C8H13N3O2/c1-11-8(12)5-7(6-10-11)13-4-2-3-9/h5-6H,2-4,9H2,1H3. The van der Waals surface area contributed by atoms with Crippen molar-refractivity contribution in [3.63, 3.8) is 0 Å². The second kappa shape index (κ2) is 4.61. The van der Waals surface area contributed by atoms with Gasteiger partial charge < -0.3 is 10.5 Å². The molecule has 5 heteroatoms. The molecule has 5 nitrogen and oxygen atoms in total. The molecule has 0 atom stereocenters. The van der Waals surface area contributed by atoms with E-state index in [2.05, 4.69) is 5.10 Å². The number of rotatable bonds is 4. The second-order valence-electron chi connectivity index (χ2n) is 2.64. The highest BCUT2D eigenvalue weighted by molar-refractivity contribution is 5.13. The Bertz CT molecular complexity index is 321. The molecule has 72 valence electrons. The number of hydrogen-bond donors (Lipinski definition) is 1. The first kappa shape index (κ1) is 9.73. The third-order valence-electron chi connectivity index (χ3n) is 1.56. The lowest BCUT2D eigenvalue weighted by molar-refractivity contribution is 0.310. The van der Waals surface area contributed by atoms with Gasteiger partial charge in [0.25, 0.3) is 5.56 Å². The monoisotopic (exact) mass is 183 g/mol. The zero-order chi connectivity index (χ0) is 9.68. The van der Waals surface area contributed by atoms with E-state index in [0.29, 0.717) is 18.9 Å². The van der Waals surface area contributed by atoms with Gasteiger partial charge in [-0.25, -0.2) is 4.68 Å². The van der Waals surface area contributed by atoms with E-state index in [4.69, 9.17) is 10.5 Å². The fourth-order valence-corrected chi connectivity index (χ4v) is 0.805. The van der Waals surface area contributed by atoms with E-state index >= 15 is 0 Å². The van der Waals surface area contributed by atoms with E-state index in [1.165, 1.54) is 16.9 Å². The van der Waals surface area contributed by atoms with Gasteiger partial charge in [0.15, 0.2) is 0 Å². The van der Waals surface area contributed by atoms with Crippen molar-refractivity contribution in [3.8, 4) is 5.75 Å². The summed E-state index contributed by atoms with van der Waals surface area (Å²) in [6, 6.07) is 1.41. The van der Waals surface area contributed by atoms with Gasteiger partial charge >= 0.3 is 0 Å². The van der Waals surface area contributed by atoms with Crippen LogP contribution >= 0.6 is 0 Å². The molecule has 13 heavy (non-hydrogen) atoms. The summed E-state index contributed by atoms with van der Waals surface area (Å²) in [5.41, 5.74) is 5.11. The first-order chi connectivity index (χ1) is 6.24. The van der Waals surface area contributed by atoms with Crippen molar-refractivity contribution >= 4 is 0 Å². The van der Waals surface area contributed by atoms with E-state index in [1.54, 1.807) is 7.05 Å². The lowest BCUT2D eigenvalue weighted by atomic mass is 10.4. The normalized spacial score (nSPS) is 10.0. The average Bonchev–Trinajstić information content (AvgIpc) is 2.12. The molecule has 0 aliphatic heterocycles. The molecule has 1 aromatic heterocycles. The maximum atomic E-state index is 11.1. The van der Waals surface area contributed by atoms with Gasteiger partial charge in [-0.15, -0.1) is 0 Å². The van der Waals surface area contributed by atoms with E-state index in [0.717, 1.165) is 6.42 Å². The first-order valence-electron chi connectivity index (χ1n) is 4.10. The summed E-state index contributed by atoms with van der Waals surface area (Å²) in [5.74, 6) is 0.497. The molecule has 0 spiro atoms. The number of aromatic nitrogens is 2. The van der Waals surface area contributed by atoms with Crippen LogP contribution in [0.5, 0.6) is 5.75 Å². The summed E-state index contributed by atoms with van der Waals surface area (Å²) in [7, 11) is 1.59. The molecule has 0 radical (unpaired) electrons. The van der Waals surface area contributed by atoms with Crippen molar-refractivity contribution in [1.82, 2.24) is 9.78 Å². The predicted molar refractivity (Wildman–Crippen MR) is 48.6 cm³/mol. The van der Waals surface area contributed by atoms with Crippen LogP contribution in [0.4, 0.5) is 0 Å². The SMILES string of the molecule is Cn1ncc(OCCCN)cc1=O.